The van der Waals surface area contributed by atoms with E-state index in [1.165, 1.54) is 0 Å². The van der Waals surface area contributed by atoms with E-state index in [0.717, 1.165) is 5.56 Å². The summed E-state index contributed by atoms with van der Waals surface area (Å²) in [6.07, 6.45) is 1.64. The molecule has 70 valence electrons. The van der Waals surface area contributed by atoms with Crippen LogP contribution in [0.15, 0.2) is 35.9 Å². The van der Waals surface area contributed by atoms with Gasteiger partial charge in [0.05, 0.1) is 0 Å². The topological polar surface area (TPSA) is 37.3 Å². The average molecular weight is 199 g/mol. The second-order valence-corrected chi connectivity index (χ2v) is 2.54. The lowest BCUT2D eigenvalue weighted by Crippen LogP contribution is -1.95. The summed E-state index contributed by atoms with van der Waals surface area (Å²) in [7, 11) is 0. The summed E-state index contributed by atoms with van der Waals surface area (Å²) in [5.74, 6) is -0.876. The maximum absolute atomic E-state index is 10.4. The van der Waals surface area contributed by atoms with E-state index in [1.807, 2.05) is 30.3 Å². The molecule has 0 spiro atoms. The minimum absolute atomic E-state index is 0. The van der Waals surface area contributed by atoms with Gasteiger partial charge in [-0.05, 0) is 18.6 Å². The second-order valence-electron chi connectivity index (χ2n) is 2.54. The Morgan fingerprint density at radius 1 is 1.31 bits per heavy atom. The Morgan fingerprint density at radius 2 is 1.85 bits per heavy atom. The molecule has 0 unspecified atom stereocenters. The van der Waals surface area contributed by atoms with E-state index in [1.54, 1.807) is 13.0 Å². The highest BCUT2D eigenvalue weighted by molar-refractivity contribution is 5.91. The number of carboxylic acids is 1. The van der Waals surface area contributed by atoms with E-state index in [0.29, 0.717) is 5.57 Å². The molecule has 0 radical (unpaired) electrons. The van der Waals surface area contributed by atoms with Crippen molar-refractivity contribution in [3.63, 3.8) is 0 Å². The molecule has 1 aromatic carbocycles. The Hall–Kier alpha value is -1.28. The SMILES string of the molecule is CC(=Cc1ccccc1)C(=O)O.Cl. The lowest BCUT2D eigenvalue weighted by molar-refractivity contribution is -0.132. The van der Waals surface area contributed by atoms with Crippen LogP contribution in [0, 0.1) is 0 Å². The predicted octanol–water partition coefficient (Wildman–Crippen LogP) is 2.60. The molecule has 0 amide bonds. The molecular formula is C10H11ClO2. The maximum Gasteiger partial charge on any atom is 0.331 e. The third-order valence-electron chi connectivity index (χ3n) is 1.52. The minimum Gasteiger partial charge on any atom is -0.478 e. The molecule has 0 saturated heterocycles. The number of rotatable bonds is 2. The normalized spacial score (nSPS) is 10.4. The van der Waals surface area contributed by atoms with Gasteiger partial charge in [0.1, 0.15) is 0 Å². The van der Waals surface area contributed by atoms with Gasteiger partial charge in [-0.15, -0.1) is 12.4 Å². The summed E-state index contributed by atoms with van der Waals surface area (Å²) >= 11 is 0. The van der Waals surface area contributed by atoms with Gasteiger partial charge in [-0.1, -0.05) is 30.3 Å². The fourth-order valence-electron chi connectivity index (χ4n) is 0.861. The van der Waals surface area contributed by atoms with Crippen LogP contribution in [0.3, 0.4) is 0 Å². The number of benzene rings is 1. The van der Waals surface area contributed by atoms with Gasteiger partial charge in [0.25, 0.3) is 0 Å². The first-order valence-corrected chi connectivity index (χ1v) is 3.67. The molecule has 0 heterocycles. The summed E-state index contributed by atoms with van der Waals surface area (Å²) in [5, 5.41) is 8.58. The second kappa shape index (κ2) is 5.38. The Kier molecular flexibility index (Phi) is 4.85. The third-order valence-corrected chi connectivity index (χ3v) is 1.52. The van der Waals surface area contributed by atoms with Crippen LogP contribution >= 0.6 is 12.4 Å². The number of hydrogen-bond acceptors (Lipinski definition) is 1. The van der Waals surface area contributed by atoms with Crippen molar-refractivity contribution in [3.8, 4) is 0 Å². The number of hydrogen-bond donors (Lipinski definition) is 1. The van der Waals surface area contributed by atoms with Crippen molar-refractivity contribution in [2.75, 3.05) is 0 Å². The molecule has 0 aromatic heterocycles. The van der Waals surface area contributed by atoms with Crippen LogP contribution in [0.25, 0.3) is 6.08 Å². The summed E-state index contributed by atoms with van der Waals surface area (Å²) in [6.45, 7) is 1.58. The first kappa shape index (κ1) is 11.7. The van der Waals surface area contributed by atoms with E-state index in [2.05, 4.69) is 0 Å². The average Bonchev–Trinajstić information content (AvgIpc) is 2.06. The zero-order chi connectivity index (χ0) is 8.97. The van der Waals surface area contributed by atoms with Crippen molar-refractivity contribution in [2.24, 2.45) is 0 Å². The molecule has 0 atom stereocenters. The highest BCUT2D eigenvalue weighted by Gasteiger charge is 1.98. The van der Waals surface area contributed by atoms with Crippen molar-refractivity contribution in [1.82, 2.24) is 0 Å². The van der Waals surface area contributed by atoms with Crippen molar-refractivity contribution in [1.29, 1.82) is 0 Å². The van der Waals surface area contributed by atoms with E-state index >= 15 is 0 Å². The van der Waals surface area contributed by atoms with Gasteiger partial charge in [0.15, 0.2) is 0 Å². The zero-order valence-corrected chi connectivity index (χ0v) is 8.04. The molecule has 3 heteroatoms. The molecule has 13 heavy (non-hydrogen) atoms. The fourth-order valence-corrected chi connectivity index (χ4v) is 0.861. The van der Waals surface area contributed by atoms with Gasteiger partial charge >= 0.3 is 5.97 Å². The lowest BCUT2D eigenvalue weighted by atomic mass is 10.1. The largest absolute Gasteiger partial charge is 0.478 e. The highest BCUT2D eigenvalue weighted by Crippen LogP contribution is 2.05. The van der Waals surface area contributed by atoms with E-state index in [4.69, 9.17) is 5.11 Å². The third kappa shape index (κ3) is 3.76. The molecular weight excluding hydrogens is 188 g/mol. The molecule has 1 N–H and O–H groups in total. The predicted molar refractivity (Wildman–Crippen MR) is 55.0 cm³/mol. The molecule has 0 saturated carbocycles. The van der Waals surface area contributed by atoms with Gasteiger partial charge in [0, 0.05) is 5.57 Å². The standard InChI is InChI=1S/C10H10O2.ClH/c1-8(10(11)12)7-9-5-3-2-4-6-9;/h2-7H,1H3,(H,11,12);1H. The van der Waals surface area contributed by atoms with Crippen LogP contribution in [-0.2, 0) is 4.79 Å². The number of halogens is 1. The van der Waals surface area contributed by atoms with E-state index < -0.39 is 5.97 Å². The molecule has 0 aliphatic carbocycles. The first-order chi connectivity index (χ1) is 5.70. The van der Waals surface area contributed by atoms with Crippen LogP contribution in [-0.4, -0.2) is 11.1 Å². The van der Waals surface area contributed by atoms with Gasteiger partial charge in [-0.3, -0.25) is 0 Å². The van der Waals surface area contributed by atoms with Crippen LogP contribution in [0.1, 0.15) is 12.5 Å². The molecule has 1 rings (SSSR count). The monoisotopic (exact) mass is 198 g/mol. The van der Waals surface area contributed by atoms with Crippen molar-refractivity contribution in [2.45, 2.75) is 6.92 Å². The molecule has 0 aliphatic rings. The molecule has 0 aliphatic heterocycles. The van der Waals surface area contributed by atoms with Gasteiger partial charge < -0.3 is 5.11 Å². The summed E-state index contributed by atoms with van der Waals surface area (Å²) in [4.78, 5) is 10.4. The summed E-state index contributed by atoms with van der Waals surface area (Å²) in [6, 6.07) is 9.38. The minimum atomic E-state index is -0.876. The van der Waals surface area contributed by atoms with Gasteiger partial charge in [-0.2, -0.15) is 0 Å². The summed E-state index contributed by atoms with van der Waals surface area (Å²) in [5.41, 5.74) is 1.26. The molecule has 0 fully saturated rings. The fraction of sp³-hybridized carbons (Fsp3) is 0.100. The number of carboxylic acid groups (broad SMARTS) is 1. The maximum atomic E-state index is 10.4. The smallest absolute Gasteiger partial charge is 0.331 e. The Labute approximate surface area is 83.3 Å². The molecule has 2 nitrogen and oxygen atoms in total. The van der Waals surface area contributed by atoms with Crippen molar-refractivity contribution >= 4 is 24.5 Å². The van der Waals surface area contributed by atoms with Crippen LogP contribution in [0.2, 0.25) is 0 Å². The van der Waals surface area contributed by atoms with Crippen molar-refractivity contribution in [3.05, 3.63) is 41.5 Å². The van der Waals surface area contributed by atoms with Gasteiger partial charge in [-0.25, -0.2) is 4.79 Å². The van der Waals surface area contributed by atoms with Crippen LogP contribution in [0.4, 0.5) is 0 Å². The van der Waals surface area contributed by atoms with E-state index in [-0.39, 0.29) is 12.4 Å². The highest BCUT2D eigenvalue weighted by atomic mass is 35.5. The Balaban J connectivity index is 0.00000144. The number of carbonyl (C=O) groups is 1. The molecule has 0 bridgehead atoms. The zero-order valence-electron chi connectivity index (χ0n) is 7.23. The number of aliphatic carboxylic acids is 1. The van der Waals surface area contributed by atoms with Crippen LogP contribution < -0.4 is 0 Å². The van der Waals surface area contributed by atoms with E-state index in [9.17, 15) is 4.79 Å². The lowest BCUT2D eigenvalue weighted by Gasteiger charge is -1.93. The Bertz CT molecular complexity index is 304. The summed E-state index contributed by atoms with van der Waals surface area (Å²) < 4.78 is 0. The Morgan fingerprint density at radius 3 is 2.31 bits per heavy atom. The van der Waals surface area contributed by atoms with Crippen LogP contribution in [0.5, 0.6) is 0 Å². The molecule has 1 aromatic rings. The van der Waals surface area contributed by atoms with Gasteiger partial charge in [0.2, 0.25) is 0 Å². The first-order valence-electron chi connectivity index (χ1n) is 3.67. The van der Waals surface area contributed by atoms with Crippen molar-refractivity contribution < 1.29 is 9.90 Å². The quantitative estimate of drug-likeness (QED) is 0.742.